The van der Waals surface area contributed by atoms with Crippen molar-refractivity contribution in [2.75, 3.05) is 0 Å². The fraction of sp³-hybridized carbons (Fsp3) is 0.294. The first kappa shape index (κ1) is 12.1. The fourth-order valence-corrected chi connectivity index (χ4v) is 2.48. The van der Waals surface area contributed by atoms with Gasteiger partial charge < -0.3 is 0 Å². The molecule has 0 saturated heterocycles. The molecule has 1 aromatic heterocycles. The van der Waals surface area contributed by atoms with E-state index in [-0.39, 0.29) is 5.78 Å². The van der Waals surface area contributed by atoms with E-state index in [9.17, 15) is 4.79 Å². The molecule has 3 rings (SSSR count). The Morgan fingerprint density at radius 3 is 2.74 bits per heavy atom. The van der Waals surface area contributed by atoms with Crippen molar-refractivity contribution >= 4 is 5.78 Å². The van der Waals surface area contributed by atoms with Crippen molar-refractivity contribution in [3.8, 4) is 0 Å². The molecule has 1 heterocycles. The topological polar surface area (TPSA) is 30.0 Å². The molecule has 0 spiro atoms. The van der Waals surface area contributed by atoms with E-state index < -0.39 is 0 Å². The van der Waals surface area contributed by atoms with Crippen LogP contribution < -0.4 is 0 Å². The summed E-state index contributed by atoms with van der Waals surface area (Å²) in [7, 11) is 0. The van der Waals surface area contributed by atoms with E-state index in [1.165, 1.54) is 24.8 Å². The van der Waals surface area contributed by atoms with Gasteiger partial charge in [0.1, 0.15) is 0 Å². The molecule has 0 atom stereocenters. The van der Waals surface area contributed by atoms with Crippen molar-refractivity contribution in [3.63, 3.8) is 0 Å². The van der Waals surface area contributed by atoms with Gasteiger partial charge in [-0.05, 0) is 42.5 Å². The highest BCUT2D eigenvalue weighted by Crippen LogP contribution is 2.36. The van der Waals surface area contributed by atoms with E-state index >= 15 is 0 Å². The molecule has 0 unspecified atom stereocenters. The molecule has 1 aliphatic carbocycles. The van der Waals surface area contributed by atoms with Gasteiger partial charge in [0.05, 0.1) is 6.42 Å². The van der Waals surface area contributed by atoms with Crippen LogP contribution in [0.2, 0.25) is 0 Å². The molecule has 1 saturated carbocycles. The van der Waals surface area contributed by atoms with Gasteiger partial charge in [-0.1, -0.05) is 30.7 Å². The summed E-state index contributed by atoms with van der Waals surface area (Å²) in [5.41, 5.74) is 2.97. The minimum absolute atomic E-state index is 0.153. The Kier molecular flexibility index (Phi) is 3.41. The minimum Gasteiger partial charge on any atom is -0.294 e. The van der Waals surface area contributed by atoms with E-state index in [1.54, 1.807) is 6.20 Å². The van der Waals surface area contributed by atoms with E-state index in [2.05, 4.69) is 17.1 Å². The van der Waals surface area contributed by atoms with E-state index in [4.69, 9.17) is 0 Å². The van der Waals surface area contributed by atoms with Gasteiger partial charge in [0.25, 0.3) is 0 Å². The zero-order valence-corrected chi connectivity index (χ0v) is 10.9. The predicted octanol–water partition coefficient (Wildman–Crippen LogP) is 3.77. The number of aromatic nitrogens is 1. The van der Waals surface area contributed by atoms with Crippen molar-refractivity contribution in [2.24, 2.45) is 0 Å². The standard InChI is InChI=1S/C17H17NO/c19-17(12-16-9-1-2-10-18-16)15-8-4-7-14(11-15)13-5-3-6-13/h1-2,4,7-11,13H,3,5-6,12H2. The lowest BCUT2D eigenvalue weighted by Gasteiger charge is -2.26. The largest absolute Gasteiger partial charge is 0.294 e. The number of pyridine rings is 1. The number of nitrogens with zero attached hydrogens (tertiary/aromatic N) is 1. The summed E-state index contributed by atoms with van der Waals surface area (Å²) in [5, 5.41) is 0. The Bertz CT molecular complexity index is 573. The summed E-state index contributed by atoms with van der Waals surface area (Å²) in [6, 6.07) is 13.8. The Morgan fingerprint density at radius 1 is 1.16 bits per heavy atom. The molecule has 2 heteroatoms. The molecule has 0 bridgehead atoms. The van der Waals surface area contributed by atoms with Crippen LogP contribution in [0.15, 0.2) is 48.7 Å². The maximum atomic E-state index is 12.3. The van der Waals surface area contributed by atoms with Gasteiger partial charge in [-0.25, -0.2) is 0 Å². The van der Waals surface area contributed by atoms with Crippen LogP contribution in [-0.4, -0.2) is 10.8 Å². The second kappa shape index (κ2) is 5.35. The quantitative estimate of drug-likeness (QED) is 0.774. The second-order valence-corrected chi connectivity index (χ2v) is 5.17. The Labute approximate surface area is 113 Å². The highest BCUT2D eigenvalue weighted by molar-refractivity contribution is 5.97. The maximum absolute atomic E-state index is 12.3. The van der Waals surface area contributed by atoms with Crippen LogP contribution in [0.25, 0.3) is 0 Å². The number of rotatable bonds is 4. The molecule has 96 valence electrons. The number of carbonyl (C=O) groups is 1. The number of hydrogen-bond donors (Lipinski definition) is 0. The number of ketones is 1. The Balaban J connectivity index is 1.76. The molecular weight excluding hydrogens is 234 g/mol. The number of benzene rings is 1. The van der Waals surface area contributed by atoms with E-state index in [0.717, 1.165) is 11.3 Å². The van der Waals surface area contributed by atoms with Crippen LogP contribution in [0, 0.1) is 0 Å². The average molecular weight is 251 g/mol. The second-order valence-electron chi connectivity index (χ2n) is 5.17. The summed E-state index contributed by atoms with van der Waals surface area (Å²) >= 11 is 0. The summed E-state index contributed by atoms with van der Waals surface area (Å²) in [4.78, 5) is 16.5. The molecule has 0 aliphatic heterocycles. The molecule has 1 aromatic carbocycles. The smallest absolute Gasteiger partial charge is 0.168 e. The molecule has 1 aliphatic rings. The van der Waals surface area contributed by atoms with Gasteiger partial charge in [0.15, 0.2) is 5.78 Å². The van der Waals surface area contributed by atoms with Crippen LogP contribution in [-0.2, 0) is 6.42 Å². The lowest BCUT2D eigenvalue weighted by Crippen LogP contribution is -2.10. The fourth-order valence-electron chi connectivity index (χ4n) is 2.48. The van der Waals surface area contributed by atoms with Crippen molar-refractivity contribution in [3.05, 3.63) is 65.5 Å². The van der Waals surface area contributed by atoms with Crippen molar-refractivity contribution in [1.82, 2.24) is 4.98 Å². The molecule has 1 fully saturated rings. The highest BCUT2D eigenvalue weighted by Gasteiger charge is 2.20. The molecular formula is C17H17NO. The van der Waals surface area contributed by atoms with Crippen molar-refractivity contribution in [2.45, 2.75) is 31.6 Å². The zero-order valence-electron chi connectivity index (χ0n) is 10.9. The third-order valence-electron chi connectivity index (χ3n) is 3.85. The molecule has 0 radical (unpaired) electrons. The average Bonchev–Trinajstić information content (AvgIpc) is 2.38. The monoisotopic (exact) mass is 251 g/mol. The van der Waals surface area contributed by atoms with Gasteiger partial charge >= 0.3 is 0 Å². The highest BCUT2D eigenvalue weighted by atomic mass is 16.1. The van der Waals surface area contributed by atoms with Crippen molar-refractivity contribution < 1.29 is 4.79 Å². The Morgan fingerprint density at radius 2 is 2.05 bits per heavy atom. The third kappa shape index (κ3) is 2.73. The van der Waals surface area contributed by atoms with Gasteiger partial charge in [0, 0.05) is 17.5 Å². The molecule has 19 heavy (non-hydrogen) atoms. The lowest BCUT2D eigenvalue weighted by molar-refractivity contribution is 0.0992. The summed E-state index contributed by atoms with van der Waals surface area (Å²) < 4.78 is 0. The first-order valence-electron chi connectivity index (χ1n) is 6.86. The van der Waals surface area contributed by atoms with Crippen LogP contribution in [0.1, 0.15) is 46.8 Å². The van der Waals surface area contributed by atoms with Gasteiger partial charge in [-0.3, -0.25) is 9.78 Å². The first-order chi connectivity index (χ1) is 9.33. The zero-order chi connectivity index (χ0) is 13.1. The van der Waals surface area contributed by atoms with Crippen LogP contribution in [0.4, 0.5) is 0 Å². The third-order valence-corrected chi connectivity index (χ3v) is 3.85. The van der Waals surface area contributed by atoms with Gasteiger partial charge in [0.2, 0.25) is 0 Å². The SMILES string of the molecule is O=C(Cc1ccccn1)c1cccc(C2CCC2)c1. The first-order valence-corrected chi connectivity index (χ1v) is 6.86. The Hall–Kier alpha value is -1.96. The van der Waals surface area contributed by atoms with Gasteiger partial charge in [-0.15, -0.1) is 0 Å². The molecule has 0 N–H and O–H groups in total. The number of carbonyl (C=O) groups excluding carboxylic acids is 1. The van der Waals surface area contributed by atoms with Crippen LogP contribution in [0.3, 0.4) is 0 Å². The normalized spacial score (nSPS) is 14.9. The van der Waals surface area contributed by atoms with Crippen LogP contribution >= 0.6 is 0 Å². The van der Waals surface area contributed by atoms with E-state index in [0.29, 0.717) is 12.3 Å². The molecule has 0 amide bonds. The molecule has 2 nitrogen and oxygen atoms in total. The molecule has 2 aromatic rings. The number of hydrogen-bond acceptors (Lipinski definition) is 2. The summed E-state index contributed by atoms with van der Waals surface area (Å²) in [6.07, 6.45) is 5.95. The van der Waals surface area contributed by atoms with Gasteiger partial charge in [-0.2, -0.15) is 0 Å². The van der Waals surface area contributed by atoms with E-state index in [1.807, 2.05) is 30.3 Å². The van der Waals surface area contributed by atoms with Crippen molar-refractivity contribution in [1.29, 1.82) is 0 Å². The summed E-state index contributed by atoms with van der Waals surface area (Å²) in [6.45, 7) is 0. The van der Waals surface area contributed by atoms with Crippen LogP contribution in [0.5, 0.6) is 0 Å². The summed E-state index contributed by atoms with van der Waals surface area (Å²) in [5.74, 6) is 0.822. The minimum atomic E-state index is 0.153. The number of Topliss-reactive ketones (excluding diaryl/α,β-unsaturated/α-hetero) is 1. The maximum Gasteiger partial charge on any atom is 0.168 e. The predicted molar refractivity (Wildman–Crippen MR) is 75.3 cm³/mol. The lowest BCUT2D eigenvalue weighted by atomic mass is 9.79.